The van der Waals surface area contributed by atoms with E-state index in [0.29, 0.717) is 22.7 Å². The first kappa shape index (κ1) is 14.4. The highest BCUT2D eigenvalue weighted by molar-refractivity contribution is 5.96. The fraction of sp³-hybridized carbons (Fsp3) is 0.125. The second-order valence-corrected chi connectivity index (χ2v) is 4.47. The maximum Gasteiger partial charge on any atom is 0.337 e. The van der Waals surface area contributed by atoms with Crippen LogP contribution in [0.2, 0.25) is 0 Å². The molecule has 0 amide bonds. The molecule has 21 heavy (non-hydrogen) atoms. The molecule has 2 rings (SSSR count). The van der Waals surface area contributed by atoms with Crippen LogP contribution in [-0.4, -0.2) is 18.2 Å². The third-order valence-corrected chi connectivity index (χ3v) is 3.03. The molecule has 2 aromatic carbocycles. The quantitative estimate of drug-likeness (QED) is 0.898. The highest BCUT2D eigenvalue weighted by Gasteiger charge is 2.14. The number of aromatic carboxylic acids is 1. The maximum atomic E-state index is 11.3. The molecule has 0 saturated heterocycles. The van der Waals surface area contributed by atoms with E-state index in [4.69, 9.17) is 4.74 Å². The van der Waals surface area contributed by atoms with Crippen LogP contribution in [0, 0.1) is 18.3 Å². The van der Waals surface area contributed by atoms with Crippen LogP contribution in [0.5, 0.6) is 5.75 Å². The summed E-state index contributed by atoms with van der Waals surface area (Å²) in [5.41, 5.74) is 2.23. The smallest absolute Gasteiger partial charge is 0.337 e. The maximum absolute atomic E-state index is 11.3. The zero-order chi connectivity index (χ0) is 15.4. The van der Waals surface area contributed by atoms with Crippen LogP contribution in [0.25, 0.3) is 0 Å². The molecule has 2 N–H and O–H groups in total. The summed E-state index contributed by atoms with van der Waals surface area (Å²) in [6.07, 6.45) is 0. The first-order valence-corrected chi connectivity index (χ1v) is 6.25. The highest BCUT2D eigenvalue weighted by atomic mass is 16.5. The number of carboxylic acids is 1. The summed E-state index contributed by atoms with van der Waals surface area (Å²) in [5.74, 6) is -0.555. The molecule has 0 saturated carbocycles. The summed E-state index contributed by atoms with van der Waals surface area (Å²) in [6.45, 7) is 1.82. The number of ether oxygens (including phenoxy) is 1. The summed E-state index contributed by atoms with van der Waals surface area (Å²) in [5, 5.41) is 21.5. The number of nitrogens with one attached hydrogen (secondary N) is 1. The van der Waals surface area contributed by atoms with E-state index in [0.717, 1.165) is 5.56 Å². The Kier molecular flexibility index (Phi) is 4.10. The lowest BCUT2D eigenvalue weighted by Gasteiger charge is -2.14. The largest absolute Gasteiger partial charge is 0.495 e. The van der Waals surface area contributed by atoms with E-state index in [2.05, 4.69) is 11.4 Å². The lowest BCUT2D eigenvalue weighted by Crippen LogP contribution is -2.05. The molecule has 0 spiro atoms. The van der Waals surface area contributed by atoms with E-state index in [9.17, 15) is 15.2 Å². The number of benzene rings is 2. The summed E-state index contributed by atoms with van der Waals surface area (Å²) >= 11 is 0. The number of hydrogen-bond acceptors (Lipinski definition) is 4. The summed E-state index contributed by atoms with van der Waals surface area (Å²) in [6, 6.07) is 12.2. The summed E-state index contributed by atoms with van der Waals surface area (Å²) < 4.78 is 5.22. The molecule has 0 aromatic heterocycles. The van der Waals surface area contributed by atoms with Gasteiger partial charge in [0.2, 0.25) is 0 Å². The predicted octanol–water partition coefficient (Wildman–Crippen LogP) is 3.32. The van der Waals surface area contributed by atoms with E-state index in [1.165, 1.54) is 7.11 Å². The van der Waals surface area contributed by atoms with Crippen LogP contribution in [0.3, 0.4) is 0 Å². The van der Waals surface area contributed by atoms with Gasteiger partial charge >= 0.3 is 5.97 Å². The number of carbonyl (C=O) groups is 1. The number of nitriles is 1. The van der Waals surface area contributed by atoms with Crippen LogP contribution >= 0.6 is 0 Å². The number of carboxylic acid groups (broad SMARTS) is 1. The molecule has 0 aliphatic rings. The van der Waals surface area contributed by atoms with Crippen molar-refractivity contribution in [1.82, 2.24) is 0 Å². The first-order chi connectivity index (χ1) is 10.1. The van der Waals surface area contributed by atoms with Crippen molar-refractivity contribution in [2.45, 2.75) is 6.92 Å². The lowest BCUT2D eigenvalue weighted by molar-refractivity contribution is 0.0698. The van der Waals surface area contributed by atoms with E-state index < -0.39 is 5.97 Å². The van der Waals surface area contributed by atoms with Gasteiger partial charge in [0.05, 0.1) is 29.6 Å². The molecule has 0 fully saturated rings. The molecular weight excluding hydrogens is 268 g/mol. The van der Waals surface area contributed by atoms with Crippen molar-refractivity contribution in [3.8, 4) is 11.8 Å². The van der Waals surface area contributed by atoms with Crippen molar-refractivity contribution < 1.29 is 14.6 Å². The lowest BCUT2D eigenvalue weighted by atomic mass is 10.1. The number of nitrogens with zero attached hydrogens (tertiary/aromatic N) is 1. The SMILES string of the molecule is COc1cccc(C#N)c1Nc1ccc(C)cc1C(=O)O. The number of rotatable bonds is 4. The number of anilines is 2. The van der Waals surface area contributed by atoms with Gasteiger partial charge in [-0.1, -0.05) is 17.7 Å². The number of methoxy groups -OCH3 is 1. The third-order valence-electron chi connectivity index (χ3n) is 3.03. The van der Waals surface area contributed by atoms with Gasteiger partial charge in [-0.2, -0.15) is 5.26 Å². The average molecular weight is 282 g/mol. The van der Waals surface area contributed by atoms with Crippen molar-refractivity contribution >= 4 is 17.3 Å². The molecule has 106 valence electrons. The van der Waals surface area contributed by atoms with E-state index >= 15 is 0 Å². The fourth-order valence-electron chi connectivity index (χ4n) is 2.00. The van der Waals surface area contributed by atoms with Gasteiger partial charge in [0, 0.05) is 0 Å². The molecule has 0 aliphatic carbocycles. The van der Waals surface area contributed by atoms with Crippen LogP contribution < -0.4 is 10.1 Å². The number of hydrogen-bond donors (Lipinski definition) is 2. The zero-order valence-electron chi connectivity index (χ0n) is 11.7. The molecule has 0 radical (unpaired) electrons. The fourth-order valence-corrected chi connectivity index (χ4v) is 2.00. The van der Waals surface area contributed by atoms with Crippen molar-refractivity contribution in [2.24, 2.45) is 0 Å². The van der Waals surface area contributed by atoms with Crippen LogP contribution in [-0.2, 0) is 0 Å². The van der Waals surface area contributed by atoms with E-state index in [1.54, 1.807) is 36.4 Å². The average Bonchev–Trinajstić information content (AvgIpc) is 2.48. The normalized spacial score (nSPS) is 9.76. The van der Waals surface area contributed by atoms with Gasteiger partial charge in [0.15, 0.2) is 0 Å². The van der Waals surface area contributed by atoms with Gasteiger partial charge in [-0.3, -0.25) is 0 Å². The van der Waals surface area contributed by atoms with Gasteiger partial charge in [-0.25, -0.2) is 4.79 Å². The van der Waals surface area contributed by atoms with E-state index in [1.807, 2.05) is 6.92 Å². The van der Waals surface area contributed by atoms with E-state index in [-0.39, 0.29) is 5.56 Å². The Morgan fingerprint density at radius 2 is 2.10 bits per heavy atom. The Labute approximate surface area is 122 Å². The minimum absolute atomic E-state index is 0.143. The van der Waals surface area contributed by atoms with Crippen molar-refractivity contribution in [3.05, 3.63) is 53.1 Å². The van der Waals surface area contributed by atoms with Crippen molar-refractivity contribution in [3.63, 3.8) is 0 Å². The van der Waals surface area contributed by atoms with Gasteiger partial charge in [0.1, 0.15) is 11.8 Å². The highest BCUT2D eigenvalue weighted by Crippen LogP contribution is 2.32. The Bertz CT molecular complexity index is 733. The molecule has 0 aliphatic heterocycles. The number of aryl methyl sites for hydroxylation is 1. The monoisotopic (exact) mass is 282 g/mol. The molecule has 0 unspecified atom stereocenters. The second kappa shape index (κ2) is 5.97. The van der Waals surface area contributed by atoms with Gasteiger partial charge < -0.3 is 15.2 Å². The van der Waals surface area contributed by atoms with Gasteiger partial charge in [0.25, 0.3) is 0 Å². The molecule has 5 nitrogen and oxygen atoms in total. The minimum Gasteiger partial charge on any atom is -0.495 e. The van der Waals surface area contributed by atoms with Crippen molar-refractivity contribution in [1.29, 1.82) is 5.26 Å². The standard InChI is InChI=1S/C16H14N2O3/c1-10-6-7-13(12(8-10)16(19)20)18-15-11(9-17)4-3-5-14(15)21-2/h3-8,18H,1-2H3,(H,19,20). The summed E-state index contributed by atoms with van der Waals surface area (Å²) in [4.78, 5) is 11.3. The van der Waals surface area contributed by atoms with Crippen LogP contribution in [0.15, 0.2) is 36.4 Å². The molecular formula is C16H14N2O3. The molecule has 0 bridgehead atoms. The molecule has 5 heteroatoms. The Morgan fingerprint density at radius 3 is 2.71 bits per heavy atom. The molecule has 2 aromatic rings. The topological polar surface area (TPSA) is 82.3 Å². The minimum atomic E-state index is -1.03. The Balaban J connectivity index is 2.53. The van der Waals surface area contributed by atoms with Gasteiger partial charge in [-0.15, -0.1) is 0 Å². The first-order valence-electron chi connectivity index (χ1n) is 6.25. The van der Waals surface area contributed by atoms with Crippen molar-refractivity contribution in [2.75, 3.05) is 12.4 Å². The third kappa shape index (κ3) is 2.95. The molecule has 0 atom stereocenters. The Hall–Kier alpha value is -3.00. The van der Waals surface area contributed by atoms with Crippen LogP contribution in [0.1, 0.15) is 21.5 Å². The Morgan fingerprint density at radius 1 is 1.33 bits per heavy atom. The van der Waals surface area contributed by atoms with Gasteiger partial charge in [-0.05, 0) is 31.2 Å². The molecule has 0 heterocycles. The summed E-state index contributed by atoms with van der Waals surface area (Å²) in [7, 11) is 1.49. The predicted molar refractivity (Wildman–Crippen MR) is 79.1 cm³/mol. The van der Waals surface area contributed by atoms with Crippen LogP contribution in [0.4, 0.5) is 11.4 Å². The zero-order valence-corrected chi connectivity index (χ0v) is 11.7. The second-order valence-electron chi connectivity index (χ2n) is 4.47. The number of para-hydroxylation sites is 1.